The molecule has 15 heavy (non-hydrogen) atoms. The lowest BCUT2D eigenvalue weighted by atomic mass is 10.2. The van der Waals surface area contributed by atoms with E-state index >= 15 is 0 Å². The predicted octanol–water partition coefficient (Wildman–Crippen LogP) is 2.90. The summed E-state index contributed by atoms with van der Waals surface area (Å²) < 4.78 is 6.25. The highest BCUT2D eigenvalue weighted by Gasteiger charge is 2.17. The molecule has 0 aromatic carbocycles. The molecular weight excluding hydrogens is 229 g/mol. The van der Waals surface area contributed by atoms with Crippen molar-refractivity contribution in [3.05, 3.63) is 11.6 Å². The van der Waals surface area contributed by atoms with Gasteiger partial charge in [-0.2, -0.15) is 0 Å². The molecule has 0 fully saturated rings. The maximum Gasteiger partial charge on any atom is 0.412 e. The number of thiophene rings is 1. The van der Waals surface area contributed by atoms with Gasteiger partial charge in [-0.3, -0.25) is 5.32 Å². The molecule has 84 valence electrons. The van der Waals surface area contributed by atoms with Crippen LogP contribution in [0.4, 0.5) is 9.80 Å². The van der Waals surface area contributed by atoms with Crippen LogP contribution in [-0.4, -0.2) is 11.7 Å². The molecule has 0 bridgehead atoms. The van der Waals surface area contributed by atoms with Crippen LogP contribution in [0.3, 0.4) is 0 Å². The van der Waals surface area contributed by atoms with E-state index in [1.807, 2.05) is 33.8 Å². The second-order valence-electron chi connectivity index (χ2n) is 4.29. The summed E-state index contributed by atoms with van der Waals surface area (Å²) in [5.41, 5.74) is 0.592. The van der Waals surface area contributed by atoms with Gasteiger partial charge in [0.15, 0.2) is 0 Å². The van der Waals surface area contributed by atoms with Crippen molar-refractivity contribution in [2.45, 2.75) is 33.3 Å². The molecule has 3 nitrogen and oxygen atoms in total. The van der Waals surface area contributed by atoms with Crippen LogP contribution in [0.15, 0.2) is 6.07 Å². The van der Waals surface area contributed by atoms with Crippen molar-refractivity contribution >= 4 is 36.3 Å². The standard InChI is InChI=1S/C10H16NO2PS/c1-6-5-7(14)15-8(6)11-9(12)13-10(2,3)4/h5H,14H2,1-4H3,(H,11,12). The van der Waals surface area contributed by atoms with E-state index in [1.54, 1.807) is 0 Å². The lowest BCUT2D eigenvalue weighted by Gasteiger charge is -2.19. The zero-order valence-corrected chi connectivity index (χ0v) is 11.4. The molecule has 1 aromatic rings. The summed E-state index contributed by atoms with van der Waals surface area (Å²) in [4.78, 5) is 11.5. The quantitative estimate of drug-likeness (QED) is 0.772. The predicted molar refractivity (Wildman–Crippen MR) is 68.3 cm³/mol. The zero-order chi connectivity index (χ0) is 11.6. The van der Waals surface area contributed by atoms with Gasteiger partial charge in [0.05, 0.1) is 0 Å². The number of nitrogens with one attached hydrogen (secondary N) is 1. The third-order valence-corrected chi connectivity index (χ3v) is 3.05. The summed E-state index contributed by atoms with van der Waals surface area (Å²) in [5.74, 6) is 0. The number of aryl methyl sites for hydroxylation is 1. The first-order valence-electron chi connectivity index (χ1n) is 4.64. The number of ether oxygens (including phenoxy) is 1. The van der Waals surface area contributed by atoms with Crippen molar-refractivity contribution in [3.63, 3.8) is 0 Å². The normalized spacial score (nSPS) is 11.3. The molecule has 0 aliphatic heterocycles. The number of hydrogen-bond acceptors (Lipinski definition) is 3. The number of amides is 1. The molecule has 1 aromatic heterocycles. The van der Waals surface area contributed by atoms with E-state index in [1.165, 1.54) is 11.3 Å². The van der Waals surface area contributed by atoms with Crippen molar-refractivity contribution < 1.29 is 9.53 Å². The third-order valence-electron chi connectivity index (χ3n) is 1.55. The van der Waals surface area contributed by atoms with Gasteiger partial charge in [0.25, 0.3) is 0 Å². The van der Waals surface area contributed by atoms with Crippen LogP contribution in [0.2, 0.25) is 0 Å². The van der Waals surface area contributed by atoms with Gasteiger partial charge in [0.2, 0.25) is 0 Å². The molecule has 1 atom stereocenters. The Morgan fingerprint density at radius 3 is 2.53 bits per heavy atom. The van der Waals surface area contributed by atoms with E-state index in [9.17, 15) is 4.79 Å². The van der Waals surface area contributed by atoms with Gasteiger partial charge in [-0.1, -0.05) is 9.24 Å². The summed E-state index contributed by atoms with van der Waals surface area (Å²) in [5, 5.41) is 3.57. The van der Waals surface area contributed by atoms with E-state index in [0.717, 1.165) is 15.2 Å². The number of carbonyl (C=O) groups excluding carboxylic acids is 1. The van der Waals surface area contributed by atoms with Crippen molar-refractivity contribution in [1.29, 1.82) is 0 Å². The number of rotatable bonds is 1. The average Bonchev–Trinajstić information content (AvgIpc) is 2.25. The maximum absolute atomic E-state index is 11.5. The van der Waals surface area contributed by atoms with Crippen molar-refractivity contribution in [2.24, 2.45) is 0 Å². The lowest BCUT2D eigenvalue weighted by molar-refractivity contribution is 0.0636. The van der Waals surface area contributed by atoms with Crippen LogP contribution < -0.4 is 9.94 Å². The van der Waals surface area contributed by atoms with Gasteiger partial charge in [0, 0.05) is 4.62 Å². The fourth-order valence-corrected chi connectivity index (χ4v) is 2.46. The summed E-state index contributed by atoms with van der Waals surface area (Å²) >= 11 is 1.52. The Bertz CT molecular complexity index is 368. The van der Waals surface area contributed by atoms with Crippen LogP contribution in [0.5, 0.6) is 0 Å². The number of anilines is 1. The Balaban J connectivity index is 2.63. The third kappa shape index (κ3) is 4.18. The smallest absolute Gasteiger partial charge is 0.412 e. The molecule has 0 radical (unpaired) electrons. The topological polar surface area (TPSA) is 38.3 Å². The highest BCUT2D eigenvalue weighted by atomic mass is 32.1. The van der Waals surface area contributed by atoms with Gasteiger partial charge >= 0.3 is 6.09 Å². The first kappa shape index (κ1) is 12.5. The van der Waals surface area contributed by atoms with Crippen LogP contribution in [0, 0.1) is 6.92 Å². The average molecular weight is 245 g/mol. The fraction of sp³-hybridized carbons (Fsp3) is 0.500. The first-order chi connectivity index (χ1) is 6.78. The second-order valence-corrected chi connectivity index (χ2v) is 6.41. The van der Waals surface area contributed by atoms with Crippen molar-refractivity contribution in [1.82, 2.24) is 0 Å². The number of carbonyl (C=O) groups is 1. The Hall–Kier alpha value is -0.600. The summed E-state index contributed by atoms with van der Waals surface area (Å²) in [7, 11) is 2.61. The molecule has 1 amide bonds. The minimum atomic E-state index is -0.459. The summed E-state index contributed by atoms with van der Waals surface area (Å²) in [6.45, 7) is 7.48. The SMILES string of the molecule is Cc1cc(P)sc1NC(=O)OC(C)(C)C. The largest absolute Gasteiger partial charge is 0.444 e. The lowest BCUT2D eigenvalue weighted by Crippen LogP contribution is -2.27. The summed E-state index contributed by atoms with van der Waals surface area (Å²) in [6.07, 6.45) is -0.405. The van der Waals surface area contributed by atoms with Gasteiger partial charge in [-0.05, 0) is 39.3 Å². The molecule has 0 saturated carbocycles. The van der Waals surface area contributed by atoms with E-state index in [0.29, 0.717) is 0 Å². The molecule has 1 N–H and O–H groups in total. The van der Waals surface area contributed by atoms with Crippen molar-refractivity contribution in [3.8, 4) is 0 Å². The Labute approximate surface area is 96.4 Å². The molecule has 0 aliphatic rings. The number of hydrogen-bond donors (Lipinski definition) is 1. The van der Waals surface area contributed by atoms with Crippen LogP contribution in [0.25, 0.3) is 0 Å². The molecule has 0 aliphatic carbocycles. The van der Waals surface area contributed by atoms with Gasteiger partial charge in [-0.15, -0.1) is 11.3 Å². The Morgan fingerprint density at radius 1 is 1.53 bits per heavy atom. The molecule has 0 spiro atoms. The fourth-order valence-electron chi connectivity index (χ4n) is 1.03. The van der Waals surface area contributed by atoms with Gasteiger partial charge < -0.3 is 4.74 Å². The highest BCUT2D eigenvalue weighted by Crippen LogP contribution is 2.22. The van der Waals surface area contributed by atoms with Crippen LogP contribution in [-0.2, 0) is 4.74 Å². The Morgan fingerprint density at radius 2 is 2.13 bits per heavy atom. The minimum absolute atomic E-state index is 0.405. The first-order valence-corrected chi connectivity index (χ1v) is 6.03. The van der Waals surface area contributed by atoms with E-state index in [2.05, 4.69) is 14.6 Å². The molecular formula is C10H16NO2PS. The zero-order valence-electron chi connectivity index (χ0n) is 9.38. The molecule has 5 heteroatoms. The van der Waals surface area contributed by atoms with Crippen LogP contribution in [0.1, 0.15) is 26.3 Å². The molecule has 1 heterocycles. The van der Waals surface area contributed by atoms with Crippen LogP contribution >= 0.6 is 20.6 Å². The minimum Gasteiger partial charge on any atom is -0.444 e. The van der Waals surface area contributed by atoms with E-state index in [-0.39, 0.29) is 0 Å². The highest BCUT2D eigenvalue weighted by molar-refractivity contribution is 7.44. The summed E-state index contributed by atoms with van der Waals surface area (Å²) in [6, 6.07) is 2.00. The van der Waals surface area contributed by atoms with Crippen molar-refractivity contribution in [2.75, 3.05) is 5.32 Å². The monoisotopic (exact) mass is 245 g/mol. The molecule has 1 rings (SSSR count). The molecule has 1 unspecified atom stereocenters. The van der Waals surface area contributed by atoms with E-state index in [4.69, 9.17) is 4.74 Å². The van der Waals surface area contributed by atoms with Gasteiger partial charge in [0.1, 0.15) is 10.6 Å². The second kappa shape index (κ2) is 4.50. The van der Waals surface area contributed by atoms with E-state index < -0.39 is 11.7 Å². The maximum atomic E-state index is 11.5. The molecule has 0 saturated heterocycles. The Kier molecular flexibility index (Phi) is 3.74. The van der Waals surface area contributed by atoms with Gasteiger partial charge in [-0.25, -0.2) is 4.79 Å².